The average Bonchev–Trinajstić information content (AvgIpc) is 2.25. The van der Waals surface area contributed by atoms with E-state index in [1.54, 1.807) is 0 Å². The Morgan fingerprint density at radius 3 is 2.43 bits per heavy atom. The van der Waals surface area contributed by atoms with E-state index in [-0.39, 0.29) is 12.7 Å². The predicted molar refractivity (Wildman–Crippen MR) is 84.9 cm³/mol. The lowest BCUT2D eigenvalue weighted by molar-refractivity contribution is -0.870. The summed E-state index contributed by atoms with van der Waals surface area (Å²) in [7, 11) is 2.09. The second kappa shape index (κ2) is 7.56. The van der Waals surface area contributed by atoms with Crippen molar-refractivity contribution in [3.63, 3.8) is 0 Å². The number of phosphoric acid groups is 1. The summed E-state index contributed by atoms with van der Waals surface area (Å²) in [5.41, 5.74) is 0. The number of rotatable bonds is 7. The Balaban J connectivity index is 2.56. The van der Waals surface area contributed by atoms with E-state index >= 15 is 0 Å². The van der Waals surface area contributed by atoms with Gasteiger partial charge in [0.2, 0.25) is 0 Å². The van der Waals surface area contributed by atoms with Crippen molar-refractivity contribution in [3.05, 3.63) is 0 Å². The SMILES string of the molecule is CC1CCC(C(C)C)C(OP(=O)(O)OCC[N+](C)(C)C)C1. The number of nitrogens with zero attached hydrogens (tertiary/aromatic N) is 1. The van der Waals surface area contributed by atoms with Crippen LogP contribution in [0.2, 0.25) is 0 Å². The zero-order valence-corrected chi connectivity index (χ0v) is 15.3. The molecular weight excluding hydrogens is 289 g/mol. The van der Waals surface area contributed by atoms with Gasteiger partial charge in [-0.3, -0.25) is 9.05 Å². The monoisotopic (exact) mass is 322 g/mol. The largest absolute Gasteiger partial charge is 0.472 e. The fraction of sp³-hybridized carbons (Fsp3) is 1.00. The van der Waals surface area contributed by atoms with Gasteiger partial charge in [-0.25, -0.2) is 4.57 Å². The maximum atomic E-state index is 12.1. The van der Waals surface area contributed by atoms with Gasteiger partial charge < -0.3 is 9.38 Å². The lowest BCUT2D eigenvalue weighted by Gasteiger charge is -2.37. The van der Waals surface area contributed by atoms with Crippen molar-refractivity contribution in [2.45, 2.75) is 46.1 Å². The molecule has 0 bridgehead atoms. The first kappa shape index (κ1) is 19.1. The minimum absolute atomic E-state index is 0.172. The molecule has 1 N–H and O–H groups in total. The van der Waals surface area contributed by atoms with Crippen LogP contribution in [0.15, 0.2) is 0 Å². The van der Waals surface area contributed by atoms with Crippen LogP contribution in [0.1, 0.15) is 40.0 Å². The molecule has 0 saturated heterocycles. The van der Waals surface area contributed by atoms with Crippen LogP contribution in [0, 0.1) is 17.8 Å². The van der Waals surface area contributed by atoms with Crippen LogP contribution >= 0.6 is 7.82 Å². The van der Waals surface area contributed by atoms with Crippen LogP contribution in [-0.4, -0.2) is 49.8 Å². The standard InChI is InChI=1S/C15H32NO4P/c1-12(2)14-8-7-13(3)11-15(14)20-21(17,18)19-10-9-16(4,5)6/h12-15H,7-11H2,1-6H3/p+1. The summed E-state index contributed by atoms with van der Waals surface area (Å²) in [6.07, 6.45) is 2.89. The molecule has 0 radical (unpaired) electrons. The molecule has 21 heavy (non-hydrogen) atoms. The van der Waals surface area contributed by atoms with Gasteiger partial charge in [-0.2, -0.15) is 0 Å². The predicted octanol–water partition coefficient (Wildman–Crippen LogP) is 3.29. The van der Waals surface area contributed by atoms with Gasteiger partial charge >= 0.3 is 7.82 Å². The summed E-state index contributed by atoms with van der Waals surface area (Å²) in [6.45, 7) is 7.37. The molecule has 1 aliphatic rings. The third kappa shape index (κ3) is 7.25. The van der Waals surface area contributed by atoms with E-state index in [2.05, 4.69) is 20.8 Å². The van der Waals surface area contributed by atoms with E-state index < -0.39 is 7.82 Å². The molecule has 0 aliphatic heterocycles. The molecule has 0 aromatic rings. The molecule has 0 aromatic heterocycles. The first-order chi connectivity index (χ1) is 9.50. The molecule has 4 unspecified atom stereocenters. The maximum absolute atomic E-state index is 12.1. The Kier molecular flexibility index (Phi) is 6.88. The Bertz CT molecular complexity index is 367. The van der Waals surface area contributed by atoms with Gasteiger partial charge in [-0.1, -0.05) is 27.2 Å². The molecule has 0 heterocycles. The minimum atomic E-state index is -3.96. The Morgan fingerprint density at radius 2 is 1.90 bits per heavy atom. The fourth-order valence-electron chi connectivity index (χ4n) is 2.87. The molecule has 1 fully saturated rings. The van der Waals surface area contributed by atoms with Gasteiger partial charge in [0.05, 0.1) is 27.2 Å². The highest BCUT2D eigenvalue weighted by Gasteiger charge is 2.37. The number of quaternary nitrogens is 1. The van der Waals surface area contributed by atoms with Crippen molar-refractivity contribution < 1.29 is 23.0 Å². The first-order valence-corrected chi connectivity index (χ1v) is 9.46. The van der Waals surface area contributed by atoms with Crippen LogP contribution in [0.3, 0.4) is 0 Å². The van der Waals surface area contributed by atoms with Crippen molar-refractivity contribution in [1.82, 2.24) is 0 Å². The van der Waals surface area contributed by atoms with Crippen LogP contribution in [0.5, 0.6) is 0 Å². The molecule has 4 atom stereocenters. The highest BCUT2D eigenvalue weighted by Crippen LogP contribution is 2.49. The lowest BCUT2D eigenvalue weighted by atomic mass is 9.75. The zero-order valence-electron chi connectivity index (χ0n) is 14.4. The van der Waals surface area contributed by atoms with Gasteiger partial charge in [0, 0.05) is 0 Å². The number of hydrogen-bond donors (Lipinski definition) is 1. The highest BCUT2D eigenvalue weighted by atomic mass is 31.2. The minimum Gasteiger partial charge on any atom is -0.329 e. The van der Waals surface area contributed by atoms with E-state index in [9.17, 15) is 9.46 Å². The Morgan fingerprint density at radius 1 is 1.29 bits per heavy atom. The number of phosphoric ester groups is 1. The third-order valence-corrected chi connectivity index (χ3v) is 5.29. The van der Waals surface area contributed by atoms with E-state index in [0.717, 1.165) is 12.8 Å². The van der Waals surface area contributed by atoms with E-state index in [1.807, 2.05) is 21.1 Å². The molecule has 0 amide bonds. The average molecular weight is 322 g/mol. The molecule has 1 rings (SSSR count). The Labute approximate surface area is 129 Å². The van der Waals surface area contributed by atoms with E-state index in [1.165, 1.54) is 6.42 Å². The number of likely N-dealkylation sites (N-methyl/N-ethyl adjacent to an activating group) is 1. The molecule has 5 nitrogen and oxygen atoms in total. The topological polar surface area (TPSA) is 55.8 Å². The molecule has 126 valence electrons. The second-order valence-corrected chi connectivity index (χ2v) is 9.19. The molecule has 0 spiro atoms. The van der Waals surface area contributed by atoms with E-state index in [0.29, 0.717) is 28.8 Å². The molecule has 1 aliphatic carbocycles. The normalized spacial score (nSPS) is 30.4. The first-order valence-electron chi connectivity index (χ1n) is 7.96. The summed E-state index contributed by atoms with van der Waals surface area (Å²) < 4.78 is 23.5. The van der Waals surface area contributed by atoms with Gasteiger partial charge in [0.1, 0.15) is 13.2 Å². The van der Waals surface area contributed by atoms with Gasteiger partial charge in [0.15, 0.2) is 0 Å². The zero-order chi connectivity index (χ0) is 16.3. The van der Waals surface area contributed by atoms with Gasteiger partial charge in [0.25, 0.3) is 0 Å². The Hall–Kier alpha value is 0.0700. The van der Waals surface area contributed by atoms with Crippen molar-refractivity contribution in [1.29, 1.82) is 0 Å². The van der Waals surface area contributed by atoms with Crippen LogP contribution in [0.4, 0.5) is 0 Å². The molecular formula is C15H33NO4P+. The van der Waals surface area contributed by atoms with Crippen molar-refractivity contribution >= 4 is 7.82 Å². The third-order valence-electron chi connectivity index (χ3n) is 4.25. The summed E-state index contributed by atoms with van der Waals surface area (Å²) >= 11 is 0. The summed E-state index contributed by atoms with van der Waals surface area (Å²) in [5, 5.41) is 0. The van der Waals surface area contributed by atoms with Crippen LogP contribution in [0.25, 0.3) is 0 Å². The quantitative estimate of drug-likeness (QED) is 0.577. The molecule has 6 heteroatoms. The van der Waals surface area contributed by atoms with Gasteiger partial charge in [-0.15, -0.1) is 0 Å². The summed E-state index contributed by atoms with van der Waals surface area (Å²) in [6, 6.07) is 0. The molecule has 1 saturated carbocycles. The van der Waals surface area contributed by atoms with Crippen molar-refractivity contribution in [2.24, 2.45) is 17.8 Å². The van der Waals surface area contributed by atoms with E-state index in [4.69, 9.17) is 9.05 Å². The van der Waals surface area contributed by atoms with Crippen molar-refractivity contribution in [2.75, 3.05) is 34.3 Å². The van der Waals surface area contributed by atoms with Gasteiger partial charge in [-0.05, 0) is 30.6 Å². The smallest absolute Gasteiger partial charge is 0.329 e. The van der Waals surface area contributed by atoms with Crippen LogP contribution < -0.4 is 0 Å². The molecule has 0 aromatic carbocycles. The van der Waals surface area contributed by atoms with Crippen molar-refractivity contribution in [3.8, 4) is 0 Å². The lowest BCUT2D eigenvalue weighted by Crippen LogP contribution is -2.37. The highest BCUT2D eigenvalue weighted by molar-refractivity contribution is 7.47. The second-order valence-electron chi connectivity index (χ2n) is 7.79. The maximum Gasteiger partial charge on any atom is 0.472 e. The summed E-state index contributed by atoms with van der Waals surface area (Å²) in [4.78, 5) is 9.95. The van der Waals surface area contributed by atoms with Crippen LogP contribution in [-0.2, 0) is 13.6 Å². The number of hydrogen-bond acceptors (Lipinski definition) is 3. The fourth-order valence-corrected chi connectivity index (χ4v) is 3.83. The summed E-state index contributed by atoms with van der Waals surface area (Å²) in [5.74, 6) is 1.33.